The van der Waals surface area contributed by atoms with Crippen molar-refractivity contribution in [2.24, 2.45) is 0 Å². The maximum atomic E-state index is 12.7. The Kier molecular flexibility index (Phi) is 4.99. The number of sulfonamides is 1. The van der Waals surface area contributed by atoms with Gasteiger partial charge in [0.05, 0.1) is 17.0 Å². The van der Waals surface area contributed by atoms with Crippen molar-refractivity contribution < 1.29 is 8.42 Å². The Morgan fingerprint density at radius 3 is 2.38 bits per heavy atom. The molecule has 2 rings (SSSR count). The number of benzene rings is 1. The summed E-state index contributed by atoms with van der Waals surface area (Å²) in [5, 5.41) is 9.09. The van der Waals surface area contributed by atoms with Gasteiger partial charge in [0.1, 0.15) is 0 Å². The zero-order valence-electron chi connectivity index (χ0n) is 12.5. The molecule has 114 valence electrons. The summed E-state index contributed by atoms with van der Waals surface area (Å²) in [5.74, 6) is 0. The van der Waals surface area contributed by atoms with E-state index in [9.17, 15) is 8.42 Å². The van der Waals surface area contributed by atoms with Crippen LogP contribution in [0.5, 0.6) is 0 Å². The molecular formula is C15H21N3O2S. The maximum Gasteiger partial charge on any atom is 0.243 e. The summed E-state index contributed by atoms with van der Waals surface area (Å²) in [4.78, 5) is 2.44. The second-order valence-corrected chi connectivity index (χ2v) is 7.17. The van der Waals surface area contributed by atoms with Crippen LogP contribution >= 0.6 is 0 Å². The lowest BCUT2D eigenvalue weighted by molar-refractivity contribution is 0.159. The normalized spacial score (nSPS) is 19.1. The van der Waals surface area contributed by atoms with Crippen molar-refractivity contribution in [1.29, 1.82) is 5.26 Å². The number of piperazine rings is 1. The number of nitriles is 1. The molecule has 1 aromatic rings. The van der Waals surface area contributed by atoms with E-state index < -0.39 is 10.0 Å². The zero-order chi connectivity index (χ0) is 15.5. The largest absolute Gasteiger partial charge is 0.285 e. The monoisotopic (exact) mass is 307 g/mol. The third-order valence-electron chi connectivity index (χ3n) is 3.96. The minimum atomic E-state index is -3.43. The second kappa shape index (κ2) is 6.56. The van der Waals surface area contributed by atoms with Crippen LogP contribution in [0.3, 0.4) is 0 Å². The Morgan fingerprint density at radius 2 is 1.86 bits per heavy atom. The zero-order valence-corrected chi connectivity index (χ0v) is 13.3. The molecule has 1 atom stereocenters. The van der Waals surface area contributed by atoms with Gasteiger partial charge in [-0.05, 0) is 25.0 Å². The molecule has 0 amide bonds. The maximum absolute atomic E-state index is 12.7. The molecule has 0 bridgehead atoms. The third-order valence-corrected chi connectivity index (χ3v) is 6.02. The Bertz CT molecular complexity index is 629. The van der Waals surface area contributed by atoms with E-state index in [1.807, 2.05) is 26.0 Å². The molecule has 0 aliphatic carbocycles. The molecule has 5 nitrogen and oxygen atoms in total. The standard InChI is InChI=1S/C15H21N3O2S/c1-3-14(12-16)17-8-10-18(11-9-17)21(19,20)15-7-5-4-6-13(15)2/h4-7,14H,3,8-11H2,1-2H3. The van der Waals surface area contributed by atoms with Crippen molar-refractivity contribution >= 4 is 10.0 Å². The predicted octanol–water partition coefficient (Wildman–Crippen LogP) is 1.60. The number of rotatable bonds is 4. The fraction of sp³-hybridized carbons (Fsp3) is 0.533. The van der Waals surface area contributed by atoms with Crippen LogP contribution in [0.25, 0.3) is 0 Å². The van der Waals surface area contributed by atoms with E-state index >= 15 is 0 Å². The smallest absolute Gasteiger partial charge is 0.243 e. The molecule has 1 unspecified atom stereocenters. The summed E-state index contributed by atoms with van der Waals surface area (Å²) in [6, 6.07) is 9.21. The first-order valence-corrected chi connectivity index (χ1v) is 8.64. The molecule has 0 N–H and O–H groups in total. The second-order valence-electron chi connectivity index (χ2n) is 5.26. The fourth-order valence-electron chi connectivity index (χ4n) is 2.67. The Hall–Kier alpha value is -1.42. The van der Waals surface area contributed by atoms with Gasteiger partial charge < -0.3 is 0 Å². The average molecular weight is 307 g/mol. The van der Waals surface area contributed by atoms with Gasteiger partial charge in [0, 0.05) is 26.2 Å². The highest BCUT2D eigenvalue weighted by Crippen LogP contribution is 2.21. The SMILES string of the molecule is CCC(C#N)N1CCN(S(=O)(=O)c2ccccc2C)CC1. The topological polar surface area (TPSA) is 64.4 Å². The molecule has 6 heteroatoms. The quantitative estimate of drug-likeness (QED) is 0.847. The first-order valence-electron chi connectivity index (χ1n) is 7.20. The molecule has 1 fully saturated rings. The summed E-state index contributed by atoms with van der Waals surface area (Å²) in [7, 11) is -3.43. The van der Waals surface area contributed by atoms with Crippen LogP contribution in [-0.4, -0.2) is 49.8 Å². The molecule has 1 heterocycles. The van der Waals surface area contributed by atoms with Crippen molar-refractivity contribution in [3.63, 3.8) is 0 Å². The van der Waals surface area contributed by atoms with Gasteiger partial charge >= 0.3 is 0 Å². The summed E-state index contributed by atoms with van der Waals surface area (Å²) >= 11 is 0. The lowest BCUT2D eigenvalue weighted by Crippen LogP contribution is -2.51. The summed E-state index contributed by atoms with van der Waals surface area (Å²) < 4.78 is 26.9. The van der Waals surface area contributed by atoms with Gasteiger partial charge in [-0.2, -0.15) is 9.57 Å². The van der Waals surface area contributed by atoms with Crippen LogP contribution in [0, 0.1) is 18.3 Å². The lowest BCUT2D eigenvalue weighted by Gasteiger charge is -2.36. The van der Waals surface area contributed by atoms with Gasteiger partial charge in [0.15, 0.2) is 0 Å². The number of hydrogen-bond donors (Lipinski definition) is 0. The Morgan fingerprint density at radius 1 is 1.24 bits per heavy atom. The molecule has 0 spiro atoms. The molecule has 0 aromatic heterocycles. The number of hydrogen-bond acceptors (Lipinski definition) is 4. The molecule has 1 saturated heterocycles. The van der Waals surface area contributed by atoms with Crippen molar-refractivity contribution in [2.45, 2.75) is 31.2 Å². The first kappa shape index (κ1) is 16.0. The van der Waals surface area contributed by atoms with Crippen molar-refractivity contribution in [3.8, 4) is 6.07 Å². The van der Waals surface area contributed by atoms with Crippen LogP contribution in [0.2, 0.25) is 0 Å². The highest BCUT2D eigenvalue weighted by atomic mass is 32.2. The minimum absolute atomic E-state index is 0.117. The van der Waals surface area contributed by atoms with Gasteiger partial charge in [-0.1, -0.05) is 25.1 Å². The van der Waals surface area contributed by atoms with Gasteiger partial charge in [0.25, 0.3) is 0 Å². The van der Waals surface area contributed by atoms with E-state index in [1.54, 1.807) is 12.1 Å². The minimum Gasteiger partial charge on any atom is -0.285 e. The molecule has 0 radical (unpaired) electrons. The van der Waals surface area contributed by atoms with E-state index in [-0.39, 0.29) is 6.04 Å². The fourth-order valence-corrected chi connectivity index (χ4v) is 4.32. The van der Waals surface area contributed by atoms with E-state index in [4.69, 9.17) is 5.26 Å². The first-order chi connectivity index (χ1) is 10.0. The van der Waals surface area contributed by atoms with Gasteiger partial charge in [-0.3, -0.25) is 4.90 Å². The van der Waals surface area contributed by atoms with Gasteiger partial charge in [-0.15, -0.1) is 0 Å². The van der Waals surface area contributed by atoms with Crippen LogP contribution < -0.4 is 0 Å². The molecule has 1 aliphatic heterocycles. The lowest BCUT2D eigenvalue weighted by atomic mass is 10.2. The van der Waals surface area contributed by atoms with Crippen LogP contribution in [0.1, 0.15) is 18.9 Å². The van der Waals surface area contributed by atoms with Crippen molar-refractivity contribution in [3.05, 3.63) is 29.8 Å². The highest BCUT2D eigenvalue weighted by molar-refractivity contribution is 7.89. The predicted molar refractivity (Wildman–Crippen MR) is 81.2 cm³/mol. The molecular weight excluding hydrogens is 286 g/mol. The number of aryl methyl sites for hydroxylation is 1. The van der Waals surface area contributed by atoms with E-state index in [2.05, 4.69) is 11.0 Å². The van der Waals surface area contributed by atoms with E-state index in [0.717, 1.165) is 12.0 Å². The molecule has 21 heavy (non-hydrogen) atoms. The van der Waals surface area contributed by atoms with Gasteiger partial charge in [-0.25, -0.2) is 8.42 Å². The van der Waals surface area contributed by atoms with Crippen LogP contribution in [-0.2, 0) is 10.0 Å². The highest BCUT2D eigenvalue weighted by Gasteiger charge is 2.31. The number of nitrogens with zero attached hydrogens (tertiary/aromatic N) is 3. The summed E-state index contributed by atoms with van der Waals surface area (Å²) in [6.45, 7) is 5.88. The van der Waals surface area contributed by atoms with Crippen LogP contribution in [0.15, 0.2) is 29.2 Å². The van der Waals surface area contributed by atoms with Crippen molar-refractivity contribution in [1.82, 2.24) is 9.21 Å². The summed E-state index contributed by atoms with van der Waals surface area (Å²) in [6.07, 6.45) is 0.765. The molecule has 1 aliphatic rings. The van der Waals surface area contributed by atoms with E-state index in [0.29, 0.717) is 31.1 Å². The van der Waals surface area contributed by atoms with Gasteiger partial charge in [0.2, 0.25) is 10.0 Å². The average Bonchev–Trinajstić information content (AvgIpc) is 2.49. The van der Waals surface area contributed by atoms with E-state index in [1.165, 1.54) is 4.31 Å². The molecule has 1 aromatic carbocycles. The Balaban J connectivity index is 2.12. The molecule has 0 saturated carbocycles. The van der Waals surface area contributed by atoms with Crippen LogP contribution in [0.4, 0.5) is 0 Å². The van der Waals surface area contributed by atoms with Crippen molar-refractivity contribution in [2.75, 3.05) is 26.2 Å². The summed E-state index contributed by atoms with van der Waals surface area (Å²) in [5.41, 5.74) is 0.767. The third kappa shape index (κ3) is 3.26. The Labute approximate surface area is 126 Å².